The van der Waals surface area contributed by atoms with Gasteiger partial charge in [0.05, 0.1) is 18.5 Å². The number of aromatic nitrogens is 4. The van der Waals surface area contributed by atoms with Crippen LogP contribution in [0, 0.1) is 3.57 Å². The van der Waals surface area contributed by atoms with Gasteiger partial charge in [0.1, 0.15) is 0 Å². The molecule has 0 saturated heterocycles. The number of fused-ring (bicyclic) bond motifs is 1. The van der Waals surface area contributed by atoms with Crippen molar-refractivity contribution >= 4 is 51.2 Å². The number of halogens is 1. The Kier molecular flexibility index (Phi) is 7.22. The van der Waals surface area contributed by atoms with Gasteiger partial charge in [0.25, 0.3) is 0 Å². The van der Waals surface area contributed by atoms with Crippen molar-refractivity contribution in [2.75, 3.05) is 16.4 Å². The summed E-state index contributed by atoms with van der Waals surface area (Å²) in [7, 11) is 0. The maximum Gasteiger partial charge on any atom is 0.226 e. The number of hydrogen-bond donors (Lipinski definition) is 4. The van der Waals surface area contributed by atoms with Crippen molar-refractivity contribution in [3.63, 3.8) is 0 Å². The lowest BCUT2D eigenvalue weighted by Crippen LogP contribution is -2.29. The Balaban J connectivity index is 1.68. The summed E-state index contributed by atoms with van der Waals surface area (Å²) in [4.78, 5) is 14.1. The molecule has 178 valence electrons. The molecule has 0 aliphatic heterocycles. The standard InChI is InChI=1S/C25H30IN7O/c1-16(12-25(2,3)34)30-24-31-22(28-13-18-11-19(26)9-10-20(18)27)21-23(32-24)33(15-29-21)14-17-7-5-4-6-8-17/h4-11,15-16,34H,12-14,27H2,1-3H3,(H2,28,30,31,32). The van der Waals surface area contributed by atoms with Crippen molar-refractivity contribution in [2.45, 2.75) is 51.9 Å². The van der Waals surface area contributed by atoms with E-state index in [1.165, 1.54) is 0 Å². The molecule has 0 amide bonds. The van der Waals surface area contributed by atoms with Gasteiger partial charge in [-0.1, -0.05) is 30.3 Å². The third-order valence-corrected chi connectivity index (χ3v) is 6.06. The van der Waals surface area contributed by atoms with E-state index in [0.717, 1.165) is 26.0 Å². The van der Waals surface area contributed by atoms with Crippen LogP contribution < -0.4 is 16.4 Å². The van der Waals surface area contributed by atoms with E-state index in [1.54, 1.807) is 20.2 Å². The third kappa shape index (κ3) is 6.15. The molecule has 0 aliphatic rings. The number of nitrogen functional groups attached to an aromatic ring is 1. The molecule has 9 heteroatoms. The molecule has 4 aromatic rings. The number of benzene rings is 2. The highest BCUT2D eigenvalue weighted by Crippen LogP contribution is 2.25. The third-order valence-electron chi connectivity index (χ3n) is 5.39. The van der Waals surface area contributed by atoms with E-state index < -0.39 is 5.60 Å². The van der Waals surface area contributed by atoms with E-state index in [1.807, 2.05) is 41.8 Å². The molecule has 0 spiro atoms. The molecule has 1 unspecified atom stereocenters. The summed E-state index contributed by atoms with van der Waals surface area (Å²) in [6, 6.07) is 16.1. The van der Waals surface area contributed by atoms with E-state index in [0.29, 0.717) is 36.8 Å². The molecule has 0 bridgehead atoms. The second-order valence-corrected chi connectivity index (χ2v) is 10.4. The van der Waals surface area contributed by atoms with Crippen LogP contribution in [-0.2, 0) is 13.1 Å². The molecule has 2 aromatic carbocycles. The number of anilines is 3. The van der Waals surface area contributed by atoms with Gasteiger partial charge in [0.15, 0.2) is 17.0 Å². The average Bonchev–Trinajstić information content (AvgIpc) is 3.16. The summed E-state index contributed by atoms with van der Waals surface area (Å²) in [6.45, 7) is 6.76. The molecule has 2 aromatic heterocycles. The molecular weight excluding hydrogens is 541 g/mol. The molecule has 0 fully saturated rings. The number of nitrogens with zero attached hydrogens (tertiary/aromatic N) is 4. The molecular formula is C25H30IN7O. The summed E-state index contributed by atoms with van der Waals surface area (Å²) in [5.74, 6) is 1.12. The number of rotatable bonds is 9. The Bertz CT molecular complexity index is 1270. The zero-order valence-electron chi connectivity index (χ0n) is 19.6. The first-order valence-electron chi connectivity index (χ1n) is 11.2. The second-order valence-electron chi connectivity index (χ2n) is 9.18. The van der Waals surface area contributed by atoms with Crippen molar-refractivity contribution in [1.82, 2.24) is 19.5 Å². The summed E-state index contributed by atoms with van der Waals surface area (Å²) >= 11 is 2.28. The minimum absolute atomic E-state index is 0.0258. The number of nitrogens with one attached hydrogen (secondary N) is 2. The molecule has 5 N–H and O–H groups in total. The second kappa shape index (κ2) is 10.1. The highest BCUT2D eigenvalue weighted by molar-refractivity contribution is 14.1. The van der Waals surface area contributed by atoms with Gasteiger partial charge in [-0.15, -0.1) is 0 Å². The van der Waals surface area contributed by atoms with Gasteiger partial charge in [0.2, 0.25) is 5.95 Å². The van der Waals surface area contributed by atoms with Crippen molar-refractivity contribution in [2.24, 2.45) is 0 Å². The van der Waals surface area contributed by atoms with Crippen molar-refractivity contribution in [3.8, 4) is 0 Å². The highest BCUT2D eigenvalue weighted by Gasteiger charge is 2.20. The van der Waals surface area contributed by atoms with Gasteiger partial charge < -0.3 is 26.0 Å². The molecule has 0 radical (unpaired) electrons. The van der Waals surface area contributed by atoms with Crippen LogP contribution in [0.25, 0.3) is 11.2 Å². The van der Waals surface area contributed by atoms with Crippen LogP contribution in [-0.4, -0.2) is 36.3 Å². The van der Waals surface area contributed by atoms with Crippen LogP contribution in [0.3, 0.4) is 0 Å². The highest BCUT2D eigenvalue weighted by atomic mass is 127. The molecule has 1 atom stereocenters. The predicted molar refractivity (Wildman–Crippen MR) is 146 cm³/mol. The smallest absolute Gasteiger partial charge is 0.226 e. The summed E-state index contributed by atoms with van der Waals surface area (Å²) < 4.78 is 3.13. The fourth-order valence-electron chi connectivity index (χ4n) is 3.95. The zero-order chi connectivity index (χ0) is 24.3. The molecule has 8 nitrogen and oxygen atoms in total. The first kappa shape index (κ1) is 24.2. The SMILES string of the molecule is CC(CC(C)(C)O)Nc1nc(NCc2cc(I)ccc2N)c2ncn(Cc3ccccc3)c2n1. The van der Waals surface area contributed by atoms with Gasteiger partial charge in [0, 0.05) is 21.8 Å². The Morgan fingerprint density at radius 2 is 1.91 bits per heavy atom. The summed E-state index contributed by atoms with van der Waals surface area (Å²) in [5, 5.41) is 17.0. The normalized spacial score (nSPS) is 12.6. The van der Waals surface area contributed by atoms with Gasteiger partial charge in [-0.05, 0) is 79.1 Å². The number of imidazole rings is 1. The van der Waals surface area contributed by atoms with Crippen LogP contribution in [0.15, 0.2) is 54.9 Å². The van der Waals surface area contributed by atoms with Gasteiger partial charge in [-0.2, -0.15) is 9.97 Å². The van der Waals surface area contributed by atoms with E-state index in [4.69, 9.17) is 15.7 Å². The molecule has 4 rings (SSSR count). The van der Waals surface area contributed by atoms with Crippen molar-refractivity contribution in [3.05, 3.63) is 69.6 Å². The van der Waals surface area contributed by atoms with Gasteiger partial charge >= 0.3 is 0 Å². The van der Waals surface area contributed by atoms with Crippen LogP contribution in [0.4, 0.5) is 17.5 Å². The molecule has 34 heavy (non-hydrogen) atoms. The molecule has 0 saturated carbocycles. The van der Waals surface area contributed by atoms with E-state index in [-0.39, 0.29) is 6.04 Å². The number of nitrogens with two attached hydrogens (primary N) is 1. The lowest BCUT2D eigenvalue weighted by molar-refractivity contribution is 0.0672. The minimum atomic E-state index is -0.797. The summed E-state index contributed by atoms with van der Waals surface area (Å²) in [5.41, 5.74) is 9.69. The quantitative estimate of drug-likeness (QED) is 0.171. The van der Waals surface area contributed by atoms with E-state index in [9.17, 15) is 5.11 Å². The fraction of sp³-hybridized carbons (Fsp3) is 0.320. The van der Waals surface area contributed by atoms with Gasteiger partial charge in [-0.3, -0.25) is 0 Å². The average molecular weight is 571 g/mol. The maximum absolute atomic E-state index is 10.2. The van der Waals surface area contributed by atoms with Crippen LogP contribution in [0.2, 0.25) is 0 Å². The number of hydrogen-bond acceptors (Lipinski definition) is 7. The summed E-state index contributed by atoms with van der Waals surface area (Å²) in [6.07, 6.45) is 2.35. The maximum atomic E-state index is 10.2. The minimum Gasteiger partial charge on any atom is -0.398 e. The topological polar surface area (TPSA) is 114 Å². The lowest BCUT2D eigenvalue weighted by Gasteiger charge is -2.23. The van der Waals surface area contributed by atoms with E-state index >= 15 is 0 Å². The number of aliphatic hydroxyl groups is 1. The van der Waals surface area contributed by atoms with Crippen LogP contribution in [0.1, 0.15) is 38.3 Å². The lowest BCUT2D eigenvalue weighted by atomic mass is 10.0. The van der Waals surface area contributed by atoms with Crippen molar-refractivity contribution in [1.29, 1.82) is 0 Å². The first-order chi connectivity index (χ1) is 16.2. The van der Waals surface area contributed by atoms with Crippen molar-refractivity contribution < 1.29 is 5.11 Å². The zero-order valence-corrected chi connectivity index (χ0v) is 21.7. The Morgan fingerprint density at radius 3 is 2.65 bits per heavy atom. The molecule has 2 heterocycles. The van der Waals surface area contributed by atoms with Gasteiger partial charge in [-0.25, -0.2) is 4.98 Å². The fourth-order valence-corrected chi connectivity index (χ4v) is 4.51. The van der Waals surface area contributed by atoms with E-state index in [2.05, 4.69) is 56.4 Å². The largest absolute Gasteiger partial charge is 0.398 e. The first-order valence-corrected chi connectivity index (χ1v) is 12.3. The molecule has 0 aliphatic carbocycles. The predicted octanol–water partition coefficient (Wildman–Crippen LogP) is 4.63. The Labute approximate surface area is 213 Å². The van der Waals surface area contributed by atoms with Crippen LogP contribution >= 0.6 is 22.6 Å². The Hall–Kier alpha value is -2.92. The Morgan fingerprint density at radius 1 is 1.15 bits per heavy atom. The van der Waals surface area contributed by atoms with Crippen LogP contribution in [0.5, 0.6) is 0 Å². The monoisotopic (exact) mass is 571 g/mol.